The average Bonchev–Trinajstić information content (AvgIpc) is 2.17. The summed E-state index contributed by atoms with van der Waals surface area (Å²) in [5.41, 5.74) is 1.46. The molecule has 1 aromatic carbocycles. The highest BCUT2D eigenvalue weighted by molar-refractivity contribution is 5.42. The molecule has 0 aliphatic rings. The van der Waals surface area contributed by atoms with Crippen LogP contribution in [0.4, 0.5) is 5.69 Å². The topological polar surface area (TPSA) is 12.0 Å². The first-order valence-corrected chi connectivity index (χ1v) is 4.72. The Kier molecular flexibility index (Phi) is 3.35. The van der Waals surface area contributed by atoms with E-state index in [1.54, 1.807) is 0 Å². The number of anilines is 1. The Hall–Kier alpha value is -0.980. The molecule has 71 valence electrons. The summed E-state index contributed by atoms with van der Waals surface area (Å²) >= 11 is 0. The number of nitrogens with one attached hydrogen (secondary N) is 1. The summed E-state index contributed by atoms with van der Waals surface area (Å²) in [6.45, 7) is 9.34. The van der Waals surface area contributed by atoms with E-state index in [1.165, 1.54) is 5.69 Å². The van der Waals surface area contributed by atoms with Gasteiger partial charge in [-0.2, -0.15) is 0 Å². The maximum absolute atomic E-state index is 3.93. The van der Waals surface area contributed by atoms with Crippen LogP contribution in [0.2, 0.25) is 0 Å². The maximum Gasteiger partial charge on any atom is 0.0340 e. The molecule has 1 nitrogen and oxygen atoms in total. The summed E-state index contributed by atoms with van der Waals surface area (Å²) in [5.74, 6) is 0. The Morgan fingerprint density at radius 3 is 2.38 bits per heavy atom. The number of benzene rings is 1. The molecule has 0 aliphatic heterocycles. The molecule has 0 bridgehead atoms. The van der Waals surface area contributed by atoms with Gasteiger partial charge in [-0.1, -0.05) is 39.0 Å². The minimum absolute atomic E-state index is 0.274. The molecule has 1 heteroatoms. The van der Waals surface area contributed by atoms with Gasteiger partial charge in [-0.15, -0.1) is 0 Å². The summed E-state index contributed by atoms with van der Waals surface area (Å²) in [4.78, 5) is 0. The smallest absolute Gasteiger partial charge is 0.0340 e. The van der Waals surface area contributed by atoms with Crippen LogP contribution in [0.1, 0.15) is 20.3 Å². The Morgan fingerprint density at radius 2 is 1.85 bits per heavy atom. The van der Waals surface area contributed by atoms with Crippen LogP contribution >= 0.6 is 0 Å². The second-order valence-corrected chi connectivity index (χ2v) is 4.13. The molecule has 0 fully saturated rings. The summed E-state index contributed by atoms with van der Waals surface area (Å²) in [6, 6.07) is 10.3. The van der Waals surface area contributed by atoms with Gasteiger partial charge in [0.05, 0.1) is 0 Å². The third kappa shape index (κ3) is 3.49. The molecule has 0 saturated heterocycles. The van der Waals surface area contributed by atoms with Crippen LogP contribution in [0.25, 0.3) is 0 Å². The molecule has 1 N–H and O–H groups in total. The normalized spacial score (nSPS) is 11.3. The minimum atomic E-state index is 0.274. The van der Waals surface area contributed by atoms with Crippen molar-refractivity contribution in [2.75, 3.05) is 11.9 Å². The van der Waals surface area contributed by atoms with Crippen molar-refractivity contribution >= 4 is 5.69 Å². The van der Waals surface area contributed by atoms with Gasteiger partial charge in [0.25, 0.3) is 0 Å². The molecule has 1 radical (unpaired) electrons. The van der Waals surface area contributed by atoms with E-state index < -0.39 is 0 Å². The molecule has 0 amide bonds. The van der Waals surface area contributed by atoms with E-state index in [-0.39, 0.29) is 5.41 Å². The van der Waals surface area contributed by atoms with Crippen LogP contribution in [0.5, 0.6) is 0 Å². The summed E-state index contributed by atoms with van der Waals surface area (Å²) in [5, 5.41) is 3.40. The predicted octanol–water partition coefficient (Wildman–Crippen LogP) is 3.35. The van der Waals surface area contributed by atoms with Crippen molar-refractivity contribution in [2.45, 2.75) is 20.3 Å². The van der Waals surface area contributed by atoms with E-state index in [2.05, 4.69) is 38.2 Å². The van der Waals surface area contributed by atoms with Gasteiger partial charge in [0, 0.05) is 12.2 Å². The SMILES string of the molecule is [CH2]CC(C)(C)CNc1ccccc1. The molecular weight excluding hydrogens is 158 g/mol. The van der Waals surface area contributed by atoms with E-state index in [1.807, 2.05) is 18.2 Å². The fraction of sp³-hybridized carbons (Fsp3) is 0.417. The Balaban J connectivity index is 2.44. The highest BCUT2D eigenvalue weighted by Crippen LogP contribution is 2.19. The lowest BCUT2D eigenvalue weighted by Gasteiger charge is -2.23. The number of para-hydroxylation sites is 1. The molecule has 1 rings (SSSR count). The summed E-state index contributed by atoms with van der Waals surface area (Å²) < 4.78 is 0. The third-order valence-electron chi connectivity index (χ3n) is 2.22. The lowest BCUT2D eigenvalue weighted by molar-refractivity contribution is 0.396. The van der Waals surface area contributed by atoms with Crippen molar-refractivity contribution in [2.24, 2.45) is 5.41 Å². The molecule has 13 heavy (non-hydrogen) atoms. The number of rotatable bonds is 4. The first-order chi connectivity index (χ1) is 6.14. The minimum Gasteiger partial charge on any atom is -0.385 e. The van der Waals surface area contributed by atoms with Crippen LogP contribution in [0.3, 0.4) is 0 Å². The first kappa shape index (κ1) is 10.1. The highest BCUT2D eigenvalue weighted by atomic mass is 14.9. The van der Waals surface area contributed by atoms with Crippen LogP contribution in [0, 0.1) is 12.3 Å². The van der Waals surface area contributed by atoms with Crippen molar-refractivity contribution in [3.63, 3.8) is 0 Å². The zero-order valence-corrected chi connectivity index (χ0v) is 8.51. The Morgan fingerprint density at radius 1 is 1.23 bits per heavy atom. The molecule has 1 aromatic rings. The zero-order chi connectivity index (χ0) is 9.73. The van der Waals surface area contributed by atoms with Gasteiger partial charge in [-0.25, -0.2) is 0 Å². The van der Waals surface area contributed by atoms with Crippen LogP contribution in [-0.4, -0.2) is 6.54 Å². The van der Waals surface area contributed by atoms with E-state index in [9.17, 15) is 0 Å². The highest BCUT2D eigenvalue weighted by Gasteiger charge is 2.13. The Labute approximate surface area is 81.2 Å². The van der Waals surface area contributed by atoms with Crippen LogP contribution < -0.4 is 5.32 Å². The largest absolute Gasteiger partial charge is 0.385 e. The Bertz CT molecular complexity index is 239. The lowest BCUT2D eigenvalue weighted by atomic mass is 9.90. The molecule has 0 atom stereocenters. The van der Waals surface area contributed by atoms with E-state index in [4.69, 9.17) is 0 Å². The van der Waals surface area contributed by atoms with Crippen molar-refractivity contribution in [3.05, 3.63) is 37.3 Å². The summed E-state index contributed by atoms with van der Waals surface area (Å²) in [7, 11) is 0. The molecule has 0 aliphatic carbocycles. The molecular formula is C12H18N. The van der Waals surface area contributed by atoms with Gasteiger partial charge in [-0.3, -0.25) is 0 Å². The van der Waals surface area contributed by atoms with Gasteiger partial charge in [-0.05, 0) is 24.0 Å². The molecule has 0 spiro atoms. The second-order valence-electron chi connectivity index (χ2n) is 4.13. The predicted molar refractivity (Wildman–Crippen MR) is 58.7 cm³/mol. The third-order valence-corrected chi connectivity index (χ3v) is 2.22. The van der Waals surface area contributed by atoms with Gasteiger partial charge in [0.2, 0.25) is 0 Å². The van der Waals surface area contributed by atoms with Gasteiger partial charge < -0.3 is 5.32 Å². The molecule has 0 saturated carbocycles. The standard InChI is InChI=1S/C12H18N/c1-4-12(2,3)10-13-11-8-6-5-7-9-11/h5-9,13H,1,4,10H2,2-3H3. The van der Waals surface area contributed by atoms with Gasteiger partial charge >= 0.3 is 0 Å². The quantitative estimate of drug-likeness (QED) is 0.741. The molecule has 0 aromatic heterocycles. The van der Waals surface area contributed by atoms with Gasteiger partial charge in [0.1, 0.15) is 0 Å². The average molecular weight is 176 g/mol. The fourth-order valence-electron chi connectivity index (χ4n) is 0.986. The second kappa shape index (κ2) is 4.31. The molecule has 0 unspecified atom stereocenters. The van der Waals surface area contributed by atoms with E-state index in [0.29, 0.717) is 0 Å². The van der Waals surface area contributed by atoms with Crippen LogP contribution in [-0.2, 0) is 0 Å². The van der Waals surface area contributed by atoms with E-state index in [0.717, 1.165) is 13.0 Å². The first-order valence-electron chi connectivity index (χ1n) is 4.72. The van der Waals surface area contributed by atoms with Crippen molar-refractivity contribution in [1.82, 2.24) is 0 Å². The van der Waals surface area contributed by atoms with E-state index >= 15 is 0 Å². The summed E-state index contributed by atoms with van der Waals surface area (Å²) in [6.07, 6.45) is 0.951. The fourth-order valence-corrected chi connectivity index (χ4v) is 0.986. The monoisotopic (exact) mass is 176 g/mol. The van der Waals surface area contributed by atoms with Crippen molar-refractivity contribution < 1.29 is 0 Å². The molecule has 0 heterocycles. The van der Waals surface area contributed by atoms with Crippen molar-refractivity contribution in [3.8, 4) is 0 Å². The van der Waals surface area contributed by atoms with Gasteiger partial charge in [0.15, 0.2) is 0 Å². The van der Waals surface area contributed by atoms with Crippen molar-refractivity contribution in [1.29, 1.82) is 0 Å². The number of hydrogen-bond donors (Lipinski definition) is 1. The van der Waals surface area contributed by atoms with Crippen LogP contribution in [0.15, 0.2) is 30.3 Å². The lowest BCUT2D eigenvalue weighted by Crippen LogP contribution is -2.21. The number of hydrogen-bond acceptors (Lipinski definition) is 1. The zero-order valence-electron chi connectivity index (χ0n) is 8.51. The maximum atomic E-state index is 3.93.